The maximum absolute atomic E-state index is 13.4. The van der Waals surface area contributed by atoms with Gasteiger partial charge in [-0.3, -0.25) is 9.78 Å². The Kier molecular flexibility index (Phi) is 6.42. The number of aromatic nitrogens is 4. The number of morpholine rings is 1. The number of hydrogen-bond donors (Lipinski definition) is 1. The van der Waals surface area contributed by atoms with Crippen molar-refractivity contribution in [2.75, 3.05) is 32.0 Å². The Morgan fingerprint density at radius 1 is 0.951 bits per heavy atom. The lowest BCUT2D eigenvalue weighted by atomic mass is 9.85. The smallest absolute Gasteiger partial charge is 0.320 e. The number of ketones is 1. The lowest BCUT2D eigenvalue weighted by Crippen LogP contribution is -2.54. The van der Waals surface area contributed by atoms with Crippen LogP contribution in [0.15, 0.2) is 54.9 Å². The molecule has 0 saturated carbocycles. The predicted octanol–water partition coefficient (Wildman–Crippen LogP) is 4.41. The van der Waals surface area contributed by atoms with E-state index in [1.165, 1.54) is 6.92 Å². The molecule has 0 aliphatic carbocycles. The van der Waals surface area contributed by atoms with Crippen molar-refractivity contribution in [1.82, 2.24) is 29.4 Å². The molecular weight excluding hydrogens is 518 g/mol. The highest BCUT2D eigenvalue weighted by Crippen LogP contribution is 2.45. The van der Waals surface area contributed by atoms with Crippen LogP contribution >= 0.6 is 0 Å². The zero-order valence-electron chi connectivity index (χ0n) is 23.1. The van der Waals surface area contributed by atoms with E-state index in [4.69, 9.17) is 15.5 Å². The summed E-state index contributed by atoms with van der Waals surface area (Å²) in [5.74, 6) is 0.197. The third-order valence-corrected chi connectivity index (χ3v) is 8.83. The molecular formula is C31H33N7O3. The molecule has 2 unspecified atom stereocenters. The first-order valence-electron chi connectivity index (χ1n) is 14.3. The van der Waals surface area contributed by atoms with Crippen molar-refractivity contribution in [3.8, 4) is 22.4 Å². The van der Waals surface area contributed by atoms with Gasteiger partial charge in [-0.25, -0.2) is 9.78 Å². The Balaban J connectivity index is 1.23. The van der Waals surface area contributed by atoms with Gasteiger partial charge in [-0.2, -0.15) is 9.61 Å². The molecule has 2 amide bonds. The van der Waals surface area contributed by atoms with Crippen molar-refractivity contribution >= 4 is 23.3 Å². The van der Waals surface area contributed by atoms with E-state index in [1.54, 1.807) is 10.7 Å². The van der Waals surface area contributed by atoms with Crippen molar-refractivity contribution in [3.63, 3.8) is 0 Å². The summed E-state index contributed by atoms with van der Waals surface area (Å²) in [6, 6.07) is 14.4. The van der Waals surface area contributed by atoms with Crippen LogP contribution in [0.3, 0.4) is 0 Å². The summed E-state index contributed by atoms with van der Waals surface area (Å²) in [4.78, 5) is 40.1. The van der Waals surface area contributed by atoms with E-state index in [9.17, 15) is 9.59 Å². The first-order chi connectivity index (χ1) is 20.0. The number of amides is 2. The Morgan fingerprint density at radius 3 is 2.34 bits per heavy atom. The Labute approximate surface area is 238 Å². The largest absolute Gasteiger partial charge is 0.383 e. The van der Waals surface area contributed by atoms with Crippen LogP contribution in [0.25, 0.3) is 28.0 Å². The molecule has 3 aliphatic rings. The second-order valence-electron chi connectivity index (χ2n) is 11.2. The SMILES string of the molecule is CC(=O)c1c(C2CC3CC[C@H](C2)N3C(=O)N2CCOCC2)nc2c(-c3ccc(-c4ccccc4)nc3)cnn2c1N. The summed E-state index contributed by atoms with van der Waals surface area (Å²) in [7, 11) is 0. The van der Waals surface area contributed by atoms with Gasteiger partial charge in [0.1, 0.15) is 5.82 Å². The number of nitrogen functional groups attached to an aromatic ring is 1. The van der Waals surface area contributed by atoms with Crippen LogP contribution < -0.4 is 5.73 Å². The van der Waals surface area contributed by atoms with Gasteiger partial charge < -0.3 is 20.3 Å². The average Bonchev–Trinajstić information content (AvgIpc) is 3.55. The number of nitrogens with two attached hydrogens (primary N) is 1. The minimum atomic E-state index is -0.128. The van der Waals surface area contributed by atoms with Gasteiger partial charge in [0.25, 0.3) is 0 Å². The Morgan fingerprint density at radius 2 is 1.68 bits per heavy atom. The quantitative estimate of drug-likeness (QED) is 0.373. The van der Waals surface area contributed by atoms with Crippen LogP contribution in [0, 0.1) is 0 Å². The number of urea groups is 1. The zero-order chi connectivity index (χ0) is 28.1. The molecule has 7 rings (SSSR count). The van der Waals surface area contributed by atoms with Crippen LogP contribution in [0.4, 0.5) is 10.6 Å². The van der Waals surface area contributed by atoms with E-state index in [-0.39, 0.29) is 29.8 Å². The zero-order valence-corrected chi connectivity index (χ0v) is 23.1. The third-order valence-electron chi connectivity index (χ3n) is 8.83. The topological polar surface area (TPSA) is 119 Å². The summed E-state index contributed by atoms with van der Waals surface area (Å²) in [5.41, 5.74) is 12.0. The lowest BCUT2D eigenvalue weighted by molar-refractivity contribution is 0.0330. The standard InChI is InChI=1S/C31H33N7O3/c1-19(39)27-28(22-15-23-8-9-24(16-22)37(23)31(40)36-11-13-41-14-12-36)35-30-25(18-34-38(30)29(27)32)21-7-10-26(33-17-21)20-5-3-2-4-6-20/h2-7,10,17-18,22-24H,8-9,11-16,32H2,1H3/t22?,23-,24?/m1/s1. The normalized spacial score (nSPS) is 22.3. The minimum Gasteiger partial charge on any atom is -0.383 e. The number of anilines is 1. The molecule has 41 heavy (non-hydrogen) atoms. The summed E-state index contributed by atoms with van der Waals surface area (Å²) in [6.45, 7) is 3.96. The molecule has 1 aromatic carbocycles. The van der Waals surface area contributed by atoms with Crippen LogP contribution in [0.2, 0.25) is 0 Å². The van der Waals surface area contributed by atoms with Gasteiger partial charge in [-0.05, 0) is 38.7 Å². The highest BCUT2D eigenvalue weighted by molar-refractivity contribution is 6.00. The average molecular weight is 552 g/mol. The number of hydrogen-bond acceptors (Lipinski definition) is 7. The summed E-state index contributed by atoms with van der Waals surface area (Å²) in [5, 5.41) is 4.51. The molecule has 2 N–H and O–H groups in total. The molecule has 3 fully saturated rings. The molecule has 4 aromatic rings. The number of ether oxygens (including phenoxy) is 1. The number of benzene rings is 1. The fourth-order valence-corrected chi connectivity index (χ4v) is 6.86. The van der Waals surface area contributed by atoms with Gasteiger partial charge in [-0.1, -0.05) is 36.4 Å². The molecule has 0 spiro atoms. The number of nitrogens with zero attached hydrogens (tertiary/aromatic N) is 6. The van der Waals surface area contributed by atoms with E-state index >= 15 is 0 Å². The van der Waals surface area contributed by atoms with E-state index in [0.717, 1.165) is 48.1 Å². The second-order valence-corrected chi connectivity index (χ2v) is 11.2. The van der Waals surface area contributed by atoms with Crippen LogP contribution in [0.5, 0.6) is 0 Å². The number of pyridine rings is 1. The molecule has 6 heterocycles. The summed E-state index contributed by atoms with van der Waals surface area (Å²) in [6.07, 6.45) is 6.99. The predicted molar refractivity (Wildman–Crippen MR) is 154 cm³/mol. The van der Waals surface area contributed by atoms with Crippen molar-refractivity contribution in [2.45, 2.75) is 50.6 Å². The van der Waals surface area contributed by atoms with E-state index in [0.29, 0.717) is 49.0 Å². The molecule has 10 nitrogen and oxygen atoms in total. The maximum Gasteiger partial charge on any atom is 0.320 e. The number of fused-ring (bicyclic) bond motifs is 3. The molecule has 3 aromatic heterocycles. The Hall–Kier alpha value is -4.31. The number of carbonyl (C=O) groups excluding carboxylic acids is 2. The van der Waals surface area contributed by atoms with Crippen LogP contribution in [-0.4, -0.2) is 79.6 Å². The number of rotatable bonds is 4. The third kappa shape index (κ3) is 4.42. The number of carbonyl (C=O) groups is 2. The molecule has 10 heteroatoms. The monoisotopic (exact) mass is 551 g/mol. The van der Waals surface area contributed by atoms with Crippen LogP contribution in [-0.2, 0) is 4.74 Å². The van der Waals surface area contributed by atoms with Gasteiger partial charge in [0.05, 0.1) is 36.4 Å². The Bertz CT molecular complexity index is 1600. The van der Waals surface area contributed by atoms with E-state index in [2.05, 4.69) is 15.0 Å². The van der Waals surface area contributed by atoms with Gasteiger partial charge in [0.2, 0.25) is 0 Å². The van der Waals surface area contributed by atoms with E-state index in [1.807, 2.05) is 53.6 Å². The lowest BCUT2D eigenvalue weighted by Gasteiger charge is -2.42. The minimum absolute atomic E-state index is 0.0220. The van der Waals surface area contributed by atoms with Crippen molar-refractivity contribution in [2.24, 2.45) is 0 Å². The van der Waals surface area contributed by atoms with Gasteiger partial charge in [0, 0.05) is 54.0 Å². The fraction of sp³-hybridized carbons (Fsp3) is 0.387. The summed E-state index contributed by atoms with van der Waals surface area (Å²) >= 11 is 0. The van der Waals surface area contributed by atoms with Crippen molar-refractivity contribution in [1.29, 1.82) is 0 Å². The summed E-state index contributed by atoms with van der Waals surface area (Å²) < 4.78 is 7.01. The number of Topliss-reactive ketones (excluding diaryl/α,β-unsaturated/α-hetero) is 1. The number of piperidine rings is 1. The van der Waals surface area contributed by atoms with Gasteiger partial charge in [0.15, 0.2) is 11.4 Å². The highest BCUT2D eigenvalue weighted by atomic mass is 16.5. The van der Waals surface area contributed by atoms with Gasteiger partial charge >= 0.3 is 6.03 Å². The maximum atomic E-state index is 13.4. The molecule has 0 radical (unpaired) electrons. The van der Waals surface area contributed by atoms with Crippen LogP contribution in [0.1, 0.15) is 54.6 Å². The molecule has 3 atom stereocenters. The highest BCUT2D eigenvalue weighted by Gasteiger charge is 2.46. The first kappa shape index (κ1) is 25.6. The van der Waals surface area contributed by atoms with E-state index < -0.39 is 0 Å². The molecule has 3 saturated heterocycles. The molecule has 210 valence electrons. The first-order valence-corrected chi connectivity index (χ1v) is 14.3. The molecule has 3 aliphatic heterocycles. The van der Waals surface area contributed by atoms with Crippen molar-refractivity contribution in [3.05, 3.63) is 66.1 Å². The fourth-order valence-electron chi connectivity index (χ4n) is 6.86. The second kappa shape index (κ2) is 10.3. The molecule has 2 bridgehead atoms. The van der Waals surface area contributed by atoms with Gasteiger partial charge in [-0.15, -0.1) is 0 Å². The van der Waals surface area contributed by atoms with Crippen molar-refractivity contribution < 1.29 is 14.3 Å².